The van der Waals surface area contributed by atoms with Crippen molar-refractivity contribution in [2.24, 2.45) is 0 Å². The molecule has 0 aliphatic heterocycles. The van der Waals surface area contributed by atoms with Gasteiger partial charge in [-0.05, 0) is 120 Å². The second-order valence-electron chi connectivity index (χ2n) is 19.5. The van der Waals surface area contributed by atoms with Crippen molar-refractivity contribution in [1.82, 2.24) is 19.9 Å². The summed E-state index contributed by atoms with van der Waals surface area (Å²) in [6, 6.07) is 83.8. The second-order valence-corrected chi connectivity index (χ2v) is 19.5. The minimum absolute atomic E-state index is 0. The third-order valence-electron chi connectivity index (χ3n) is 13.1. The van der Waals surface area contributed by atoms with Crippen molar-refractivity contribution in [3.63, 3.8) is 0 Å². The first-order valence-electron chi connectivity index (χ1n) is 26.4. The molecule has 0 saturated carbocycles. The molecule has 0 saturated heterocycles. The molecule has 0 spiro atoms. The normalized spacial score (nSPS) is 10.0. The molecule has 0 amide bonds. The summed E-state index contributed by atoms with van der Waals surface area (Å²) < 4.78 is 26.8. The maximum absolute atomic E-state index is 13.9. The van der Waals surface area contributed by atoms with Crippen LogP contribution in [0.1, 0.15) is 33.4 Å². The van der Waals surface area contributed by atoms with Crippen molar-refractivity contribution in [2.75, 3.05) is 0 Å². The van der Waals surface area contributed by atoms with Gasteiger partial charge in [0.1, 0.15) is 11.6 Å². The predicted octanol–water partition coefficient (Wildman–Crippen LogP) is 19.0. The summed E-state index contributed by atoms with van der Waals surface area (Å²) in [6.45, 7) is 12.3. The summed E-state index contributed by atoms with van der Waals surface area (Å²) in [5.41, 5.74) is 23.0. The van der Waals surface area contributed by atoms with E-state index in [2.05, 4.69) is 185 Å². The zero-order chi connectivity index (χ0) is 55.8. The number of rotatable bonds is 8. The molecule has 0 N–H and O–H groups in total. The number of benzene rings is 8. The quantitative estimate of drug-likeness (QED) is 0.142. The summed E-state index contributed by atoms with van der Waals surface area (Å²) in [5.74, 6) is -1.16. The number of halogens is 2. The molecule has 0 fully saturated rings. The number of aromatic nitrogens is 4. The number of nitrogens with zero attached hydrogens (tertiary/aromatic N) is 4. The summed E-state index contributed by atoms with van der Waals surface area (Å²) in [4.78, 5) is 17.7. The molecule has 84 heavy (non-hydrogen) atoms. The van der Waals surface area contributed by atoms with Gasteiger partial charge in [0.25, 0.3) is 0 Å². The number of pyridine rings is 4. The zero-order valence-corrected chi connectivity index (χ0v) is 56.6. The van der Waals surface area contributed by atoms with Crippen LogP contribution < -0.4 is 0 Å². The van der Waals surface area contributed by atoms with E-state index in [1.807, 2.05) is 101 Å². The van der Waals surface area contributed by atoms with Gasteiger partial charge in [-0.1, -0.05) is 145 Å². The Morgan fingerprint density at radius 1 is 0.286 bits per heavy atom. The average molecular weight is 1810 g/mol. The van der Waals surface area contributed by atoms with E-state index >= 15 is 0 Å². The van der Waals surface area contributed by atoms with Crippen LogP contribution in [0.15, 0.2) is 243 Å². The van der Waals surface area contributed by atoms with Gasteiger partial charge in [0.05, 0.1) is 0 Å². The largest absolute Gasteiger partial charge is 0.304 e. The molecule has 4 nitrogen and oxygen atoms in total. The third kappa shape index (κ3) is 18.9. The summed E-state index contributed by atoms with van der Waals surface area (Å²) in [7, 11) is 0. The Morgan fingerprint density at radius 2 is 0.655 bits per heavy atom. The van der Waals surface area contributed by atoms with E-state index in [1.165, 1.54) is 73.3 Å². The molecule has 0 unspecified atom stereocenters. The molecule has 12 rings (SSSR count). The van der Waals surface area contributed by atoms with Crippen LogP contribution in [0.2, 0.25) is 0 Å². The minimum Gasteiger partial charge on any atom is -0.304 e. The van der Waals surface area contributed by atoms with Crippen molar-refractivity contribution >= 4 is 0 Å². The Hall–Kier alpha value is -7.18. The van der Waals surface area contributed by atoms with Crippen molar-refractivity contribution in [2.45, 2.75) is 41.5 Å². The Labute approximate surface area is 547 Å². The van der Waals surface area contributed by atoms with Crippen LogP contribution in [-0.4, -0.2) is 19.9 Å². The first-order valence-corrected chi connectivity index (χ1v) is 26.4. The van der Waals surface area contributed by atoms with Crippen LogP contribution in [0.5, 0.6) is 0 Å². The summed E-state index contributed by atoms with van der Waals surface area (Å²) in [6.07, 6.45) is 7.44. The zero-order valence-electron chi connectivity index (χ0n) is 47.0. The van der Waals surface area contributed by atoms with E-state index < -0.39 is 11.6 Å². The van der Waals surface area contributed by atoms with Crippen LogP contribution in [0.25, 0.3) is 89.5 Å². The van der Waals surface area contributed by atoms with Crippen LogP contribution in [0.3, 0.4) is 0 Å². The molecule has 0 aliphatic carbocycles. The van der Waals surface area contributed by atoms with E-state index in [4.69, 9.17) is 0 Å². The molecule has 0 bridgehead atoms. The molecule has 4 heterocycles. The SMILES string of the molecule is Cc1ccc(-c2[c-]ccc(-c3ccc(F)cc3F)c2)nc1.Cc1ccc(-c2[c-]ccc(-c3cccc(C)c3)c2)nc1.Cc1ccc(-c2[c-]ccc(-c3ccccc3)c2)nc1.Cc1ccc(-c2[c-]ccc(-c3ccccc3C)c2)nc1.[Ir].[Ir].[Ir].[Ir]. The van der Waals surface area contributed by atoms with Crippen LogP contribution in [-0.2, 0) is 80.4 Å². The maximum atomic E-state index is 13.9. The van der Waals surface area contributed by atoms with Gasteiger partial charge in [-0.15, -0.1) is 136 Å². The van der Waals surface area contributed by atoms with Crippen molar-refractivity contribution in [3.8, 4) is 89.5 Å². The molecular weight excluding hydrogens is 1750 g/mol. The summed E-state index contributed by atoms with van der Waals surface area (Å²) >= 11 is 0. The molecule has 4 radical (unpaired) electrons. The van der Waals surface area contributed by atoms with Crippen LogP contribution in [0.4, 0.5) is 8.78 Å². The number of aryl methyl sites for hydroxylation is 6. The molecular formula is C74H58F2Ir4N4-4. The molecule has 0 aliphatic rings. The van der Waals surface area contributed by atoms with Gasteiger partial charge in [-0.2, -0.15) is 0 Å². The first-order chi connectivity index (χ1) is 38.9. The van der Waals surface area contributed by atoms with Gasteiger partial charge in [-0.3, -0.25) is 0 Å². The fourth-order valence-corrected chi connectivity index (χ4v) is 8.74. The second kappa shape index (κ2) is 33.3. The van der Waals surface area contributed by atoms with Crippen molar-refractivity contribution in [1.29, 1.82) is 0 Å². The average Bonchev–Trinajstić information content (AvgIpc) is 3.58. The van der Waals surface area contributed by atoms with Crippen LogP contribution in [0, 0.1) is 77.4 Å². The fraction of sp³-hybridized carbons (Fsp3) is 0.0811. The van der Waals surface area contributed by atoms with E-state index in [0.717, 1.165) is 56.7 Å². The topological polar surface area (TPSA) is 51.6 Å². The van der Waals surface area contributed by atoms with Gasteiger partial charge < -0.3 is 19.9 Å². The molecule has 0 atom stereocenters. The molecule has 10 heteroatoms. The van der Waals surface area contributed by atoms with E-state index in [0.29, 0.717) is 11.1 Å². The monoisotopic (exact) mass is 1810 g/mol. The smallest absolute Gasteiger partial charge is 0.132 e. The standard InChI is InChI=1S/2C19H16N.C18H12F2N.C18H14N.4Ir/c1-14-5-3-6-16(11-14)17-7-4-8-18(12-17)19-10-9-15(2)13-20-19;1-14-10-11-19(20-13-14)17-8-5-7-16(12-17)18-9-4-3-6-15(18)2;1-12-5-8-18(21-11-12)14-4-2-3-13(9-14)16-7-6-15(19)10-17(16)20;1-14-10-11-18(19-13-14)17-9-5-8-16(12-17)15-6-3-2-4-7-15;;;;/h2*3-7,9-13H,1-2H3;2-3,5-11H,1H3;2-8,10-13H,1H3;;;;/q4*-1;;;;. The minimum atomic E-state index is -0.584. The van der Waals surface area contributed by atoms with Gasteiger partial charge in [-0.25, -0.2) is 8.78 Å². The number of hydrogen-bond acceptors (Lipinski definition) is 4. The molecule has 428 valence electrons. The molecule has 8 aromatic carbocycles. The molecule has 12 aromatic rings. The third-order valence-corrected chi connectivity index (χ3v) is 13.1. The van der Waals surface area contributed by atoms with Crippen molar-refractivity contribution in [3.05, 3.63) is 312 Å². The Morgan fingerprint density at radius 3 is 1.06 bits per heavy atom. The van der Waals surface area contributed by atoms with Crippen LogP contribution >= 0.6 is 0 Å². The van der Waals surface area contributed by atoms with Crippen molar-refractivity contribution < 1.29 is 89.2 Å². The Kier molecular flexibility index (Phi) is 26.8. The van der Waals surface area contributed by atoms with E-state index in [1.54, 1.807) is 24.4 Å². The maximum Gasteiger partial charge on any atom is 0.132 e. The Balaban J connectivity index is 0.000000202. The van der Waals surface area contributed by atoms with Gasteiger partial charge in [0.2, 0.25) is 0 Å². The Bertz CT molecular complexity index is 3970. The first kappa shape index (κ1) is 67.6. The summed E-state index contributed by atoms with van der Waals surface area (Å²) in [5, 5.41) is 0. The van der Waals surface area contributed by atoms with E-state index in [-0.39, 0.29) is 80.4 Å². The fourth-order valence-electron chi connectivity index (χ4n) is 8.74. The van der Waals surface area contributed by atoms with Gasteiger partial charge in [0, 0.05) is 111 Å². The number of hydrogen-bond donors (Lipinski definition) is 0. The predicted molar refractivity (Wildman–Crippen MR) is 324 cm³/mol. The molecule has 4 aromatic heterocycles. The van der Waals surface area contributed by atoms with Gasteiger partial charge in [0.15, 0.2) is 0 Å². The van der Waals surface area contributed by atoms with Gasteiger partial charge >= 0.3 is 0 Å². The van der Waals surface area contributed by atoms with E-state index in [9.17, 15) is 8.78 Å².